The van der Waals surface area contributed by atoms with Gasteiger partial charge in [0.1, 0.15) is 17.2 Å². The fraction of sp³-hybridized carbons (Fsp3) is 0.0909. The van der Waals surface area contributed by atoms with Crippen molar-refractivity contribution in [3.63, 3.8) is 0 Å². The van der Waals surface area contributed by atoms with Crippen LogP contribution < -0.4 is 11.1 Å². The monoisotopic (exact) mass is 405 g/mol. The number of benzene rings is 2. The van der Waals surface area contributed by atoms with Crippen molar-refractivity contribution in [3.05, 3.63) is 78.0 Å². The molecular weight excluding hydrogens is 388 g/mol. The number of nitrogens with zero attached hydrogens (tertiary/aromatic N) is 3. The maximum absolute atomic E-state index is 13.4. The van der Waals surface area contributed by atoms with Crippen LogP contribution in [-0.4, -0.2) is 33.9 Å². The average Bonchev–Trinajstić information content (AvgIpc) is 2.77. The van der Waals surface area contributed by atoms with Gasteiger partial charge in [-0.15, -0.1) is 0 Å². The lowest BCUT2D eigenvalue weighted by molar-refractivity contribution is 0.0954. The number of pyridine rings is 1. The van der Waals surface area contributed by atoms with E-state index in [2.05, 4.69) is 20.3 Å². The molecule has 0 saturated carbocycles. The molecule has 2 heterocycles. The van der Waals surface area contributed by atoms with Gasteiger partial charge >= 0.3 is 0 Å². The molecule has 30 heavy (non-hydrogen) atoms. The highest BCUT2D eigenvalue weighted by Gasteiger charge is 2.16. The van der Waals surface area contributed by atoms with Crippen LogP contribution in [0.2, 0.25) is 0 Å². The fourth-order valence-corrected chi connectivity index (χ4v) is 2.98. The number of carbonyl (C=O) groups is 1. The molecule has 0 atom stereocenters. The number of aromatic nitrogens is 3. The molecule has 0 spiro atoms. The van der Waals surface area contributed by atoms with Gasteiger partial charge in [-0.25, -0.2) is 23.7 Å². The quantitative estimate of drug-likeness (QED) is 0.531. The number of amides is 1. The van der Waals surface area contributed by atoms with E-state index in [1.165, 1.54) is 30.5 Å². The van der Waals surface area contributed by atoms with Gasteiger partial charge in [0.05, 0.1) is 17.0 Å². The largest absolute Gasteiger partial charge is 0.351 e. The molecular formula is C22H17F2N5O. The van der Waals surface area contributed by atoms with Crippen molar-refractivity contribution in [2.45, 2.75) is 0 Å². The Morgan fingerprint density at radius 2 is 1.47 bits per heavy atom. The van der Waals surface area contributed by atoms with Crippen molar-refractivity contribution in [2.24, 2.45) is 5.73 Å². The highest BCUT2D eigenvalue weighted by atomic mass is 19.1. The Labute approximate surface area is 170 Å². The van der Waals surface area contributed by atoms with Crippen LogP contribution in [-0.2, 0) is 0 Å². The maximum Gasteiger partial charge on any atom is 0.252 e. The molecule has 2 aromatic carbocycles. The molecule has 8 heteroatoms. The predicted octanol–water partition coefficient (Wildman–Crippen LogP) is 3.33. The van der Waals surface area contributed by atoms with Gasteiger partial charge in [-0.3, -0.25) is 4.79 Å². The number of fused-ring (bicyclic) bond motifs is 1. The van der Waals surface area contributed by atoms with E-state index in [0.29, 0.717) is 52.3 Å². The first kappa shape index (κ1) is 19.5. The zero-order valence-electron chi connectivity index (χ0n) is 15.8. The number of hydrogen-bond acceptors (Lipinski definition) is 5. The first-order valence-corrected chi connectivity index (χ1v) is 9.23. The molecule has 0 aliphatic carbocycles. The minimum absolute atomic E-state index is 0.317. The van der Waals surface area contributed by atoms with E-state index in [1.807, 2.05) is 0 Å². The SMILES string of the molecule is NCCNC(=O)c1cnc2nc(-c3ccc(F)cc3)c(-c3ccc(F)cc3)nc2c1. The second-order valence-electron chi connectivity index (χ2n) is 6.55. The van der Waals surface area contributed by atoms with E-state index >= 15 is 0 Å². The summed E-state index contributed by atoms with van der Waals surface area (Å²) in [7, 11) is 0. The van der Waals surface area contributed by atoms with E-state index in [4.69, 9.17) is 5.73 Å². The Hall–Kier alpha value is -3.78. The second kappa shape index (κ2) is 8.30. The lowest BCUT2D eigenvalue weighted by atomic mass is 10.0. The van der Waals surface area contributed by atoms with Crippen LogP contribution in [0, 0.1) is 11.6 Å². The highest BCUT2D eigenvalue weighted by molar-refractivity contribution is 5.97. The molecule has 2 aromatic heterocycles. The van der Waals surface area contributed by atoms with Crippen molar-refractivity contribution in [1.82, 2.24) is 20.3 Å². The van der Waals surface area contributed by atoms with Crippen molar-refractivity contribution >= 4 is 17.1 Å². The Balaban J connectivity index is 1.88. The van der Waals surface area contributed by atoms with Crippen molar-refractivity contribution in [3.8, 4) is 22.5 Å². The number of nitrogens with two attached hydrogens (primary N) is 1. The third-order valence-electron chi connectivity index (χ3n) is 4.45. The van der Waals surface area contributed by atoms with E-state index in [9.17, 15) is 13.6 Å². The number of halogens is 2. The first-order chi connectivity index (χ1) is 14.5. The average molecular weight is 405 g/mol. The minimum atomic E-state index is -0.378. The summed E-state index contributed by atoms with van der Waals surface area (Å²) in [5, 5.41) is 2.68. The number of nitrogens with one attached hydrogen (secondary N) is 1. The van der Waals surface area contributed by atoms with Gasteiger partial charge in [0.25, 0.3) is 5.91 Å². The van der Waals surface area contributed by atoms with E-state index < -0.39 is 0 Å². The van der Waals surface area contributed by atoms with Crippen molar-refractivity contribution in [2.75, 3.05) is 13.1 Å². The molecule has 4 rings (SSSR count). The molecule has 0 bridgehead atoms. The fourth-order valence-electron chi connectivity index (χ4n) is 2.98. The van der Waals surface area contributed by atoms with Gasteiger partial charge < -0.3 is 11.1 Å². The molecule has 0 unspecified atom stereocenters. The zero-order chi connectivity index (χ0) is 21.1. The summed E-state index contributed by atoms with van der Waals surface area (Å²) in [6.07, 6.45) is 1.41. The molecule has 0 aliphatic rings. The van der Waals surface area contributed by atoms with Gasteiger partial charge in [0, 0.05) is 30.4 Å². The Bertz CT molecular complexity index is 1210. The van der Waals surface area contributed by atoms with Crippen LogP contribution in [0.4, 0.5) is 8.78 Å². The number of carbonyl (C=O) groups excluding carboxylic acids is 1. The summed E-state index contributed by atoms with van der Waals surface area (Å²) in [6, 6.07) is 13.2. The maximum atomic E-state index is 13.4. The molecule has 6 nitrogen and oxygen atoms in total. The third-order valence-corrected chi connectivity index (χ3v) is 4.45. The number of hydrogen-bond donors (Lipinski definition) is 2. The normalized spacial score (nSPS) is 10.9. The van der Waals surface area contributed by atoms with E-state index in [0.717, 1.165) is 0 Å². The number of rotatable bonds is 5. The Morgan fingerprint density at radius 1 is 0.900 bits per heavy atom. The first-order valence-electron chi connectivity index (χ1n) is 9.23. The van der Waals surface area contributed by atoms with E-state index in [1.54, 1.807) is 30.3 Å². The van der Waals surface area contributed by atoms with Crippen molar-refractivity contribution < 1.29 is 13.6 Å². The molecule has 150 valence electrons. The zero-order valence-corrected chi connectivity index (χ0v) is 15.8. The Morgan fingerprint density at radius 3 is 2.03 bits per heavy atom. The molecule has 0 aliphatic heterocycles. The summed E-state index contributed by atoms with van der Waals surface area (Å²) in [6.45, 7) is 0.662. The van der Waals surface area contributed by atoms with Gasteiger partial charge in [-0.05, 0) is 54.6 Å². The summed E-state index contributed by atoms with van der Waals surface area (Å²) in [5.41, 5.74) is 8.68. The summed E-state index contributed by atoms with van der Waals surface area (Å²) in [4.78, 5) is 25.7. The van der Waals surface area contributed by atoms with Gasteiger partial charge in [-0.2, -0.15) is 0 Å². The van der Waals surface area contributed by atoms with Crippen LogP contribution in [0.3, 0.4) is 0 Å². The lowest BCUT2D eigenvalue weighted by Crippen LogP contribution is -2.29. The van der Waals surface area contributed by atoms with Crippen LogP contribution in [0.15, 0.2) is 60.8 Å². The highest BCUT2D eigenvalue weighted by Crippen LogP contribution is 2.31. The van der Waals surface area contributed by atoms with Gasteiger partial charge in [-0.1, -0.05) is 0 Å². The molecule has 4 aromatic rings. The van der Waals surface area contributed by atoms with E-state index in [-0.39, 0.29) is 17.5 Å². The Kier molecular flexibility index (Phi) is 5.40. The molecule has 0 saturated heterocycles. The minimum Gasteiger partial charge on any atom is -0.351 e. The molecule has 0 fully saturated rings. The predicted molar refractivity (Wildman–Crippen MR) is 110 cm³/mol. The summed E-state index contributed by atoms with van der Waals surface area (Å²) < 4.78 is 26.8. The molecule has 3 N–H and O–H groups in total. The van der Waals surface area contributed by atoms with Crippen LogP contribution in [0.5, 0.6) is 0 Å². The summed E-state index contributed by atoms with van der Waals surface area (Å²) >= 11 is 0. The standard InChI is InChI=1S/C22H17F2N5O/c23-16-5-1-13(2-6-16)19-20(14-3-7-17(24)8-4-14)29-21-18(28-19)11-15(12-27-21)22(30)26-10-9-25/h1-8,11-12H,9-10,25H2,(H,26,30). The van der Waals surface area contributed by atoms with Crippen LogP contribution in [0.25, 0.3) is 33.7 Å². The van der Waals surface area contributed by atoms with Crippen molar-refractivity contribution in [1.29, 1.82) is 0 Å². The van der Waals surface area contributed by atoms with Gasteiger partial charge in [0.15, 0.2) is 5.65 Å². The second-order valence-corrected chi connectivity index (χ2v) is 6.55. The topological polar surface area (TPSA) is 93.8 Å². The molecule has 1 amide bonds. The van der Waals surface area contributed by atoms with Crippen LogP contribution >= 0.6 is 0 Å². The lowest BCUT2D eigenvalue weighted by Gasteiger charge is -2.11. The smallest absolute Gasteiger partial charge is 0.252 e. The molecule has 0 radical (unpaired) electrons. The third kappa shape index (κ3) is 3.99. The van der Waals surface area contributed by atoms with Crippen LogP contribution in [0.1, 0.15) is 10.4 Å². The summed E-state index contributed by atoms with van der Waals surface area (Å²) in [5.74, 6) is -1.07. The van der Waals surface area contributed by atoms with Gasteiger partial charge in [0.2, 0.25) is 0 Å².